The summed E-state index contributed by atoms with van der Waals surface area (Å²) < 4.78 is 0.738. The zero-order chi connectivity index (χ0) is 10.7. The molecule has 0 saturated carbocycles. The summed E-state index contributed by atoms with van der Waals surface area (Å²) in [6.07, 6.45) is 1.30. The number of phenolic OH excluding ortho intramolecular Hbond substituents is 1. The molecule has 0 aromatic heterocycles. The first-order chi connectivity index (χ1) is 6.56. The molecule has 14 heavy (non-hydrogen) atoms. The summed E-state index contributed by atoms with van der Waals surface area (Å²) in [7, 11) is 0. The molecule has 0 atom stereocenters. The van der Waals surface area contributed by atoms with Gasteiger partial charge in [-0.15, -0.1) is 0 Å². The minimum atomic E-state index is 0.0200. The first-order valence-corrected chi connectivity index (χ1v) is 5.66. The lowest BCUT2D eigenvalue weighted by Crippen LogP contribution is -2.00. The van der Waals surface area contributed by atoms with Gasteiger partial charge in [-0.25, -0.2) is 0 Å². The van der Waals surface area contributed by atoms with Crippen LogP contribution < -0.4 is 0 Å². The fourth-order valence-electron chi connectivity index (χ4n) is 1.31. The average Bonchev–Trinajstić information content (AvgIpc) is 2.11. The summed E-state index contributed by atoms with van der Waals surface area (Å²) >= 11 is 2.04. The number of ketones is 1. The number of carbonyl (C=O) groups excluding carboxylic acids is 1. The molecule has 3 heteroatoms. The van der Waals surface area contributed by atoms with Crippen molar-refractivity contribution < 1.29 is 9.90 Å². The van der Waals surface area contributed by atoms with Crippen LogP contribution >= 0.6 is 22.6 Å². The molecule has 2 nitrogen and oxygen atoms in total. The van der Waals surface area contributed by atoms with Gasteiger partial charge in [0.1, 0.15) is 5.75 Å². The van der Waals surface area contributed by atoms with Crippen LogP contribution in [0, 0.1) is 10.5 Å². The maximum atomic E-state index is 11.6. The van der Waals surface area contributed by atoms with Gasteiger partial charge >= 0.3 is 0 Å². The molecule has 0 fully saturated rings. The molecule has 0 spiro atoms. The lowest BCUT2D eigenvalue weighted by molar-refractivity contribution is 0.0979. The number of rotatable bonds is 3. The summed E-state index contributed by atoms with van der Waals surface area (Å²) in [5.41, 5.74) is 1.46. The van der Waals surface area contributed by atoms with E-state index in [1.165, 1.54) is 0 Å². The van der Waals surface area contributed by atoms with Gasteiger partial charge in [0, 0.05) is 6.42 Å². The van der Waals surface area contributed by atoms with Crippen molar-refractivity contribution >= 4 is 28.4 Å². The van der Waals surface area contributed by atoms with E-state index in [1.54, 1.807) is 6.07 Å². The van der Waals surface area contributed by atoms with Crippen LogP contribution in [-0.4, -0.2) is 10.9 Å². The quantitative estimate of drug-likeness (QED) is 0.687. The Morgan fingerprint density at radius 1 is 1.50 bits per heavy atom. The fourth-order valence-corrected chi connectivity index (χ4v) is 2.09. The second kappa shape index (κ2) is 4.77. The lowest BCUT2D eigenvalue weighted by Gasteiger charge is -2.06. The second-order valence-corrected chi connectivity index (χ2v) is 4.48. The van der Waals surface area contributed by atoms with Crippen molar-refractivity contribution in [2.45, 2.75) is 26.7 Å². The Balaban J connectivity index is 3.13. The molecule has 76 valence electrons. The van der Waals surface area contributed by atoms with Crippen LogP contribution in [0.3, 0.4) is 0 Å². The SMILES string of the molecule is CCCC(=O)c1cc(C)cc(I)c1O. The number of hydrogen-bond donors (Lipinski definition) is 1. The third-order valence-electron chi connectivity index (χ3n) is 1.99. The van der Waals surface area contributed by atoms with E-state index in [9.17, 15) is 9.90 Å². The molecule has 0 unspecified atom stereocenters. The van der Waals surface area contributed by atoms with Crippen molar-refractivity contribution in [3.05, 3.63) is 26.8 Å². The molecule has 0 saturated heterocycles. The molecule has 1 rings (SSSR count). The maximum Gasteiger partial charge on any atom is 0.166 e. The predicted octanol–water partition coefficient (Wildman–Crippen LogP) is 3.29. The minimum absolute atomic E-state index is 0.0200. The highest BCUT2D eigenvalue weighted by Gasteiger charge is 2.13. The highest BCUT2D eigenvalue weighted by molar-refractivity contribution is 14.1. The Bertz CT molecular complexity index is 359. The lowest BCUT2D eigenvalue weighted by atomic mass is 10.0. The Morgan fingerprint density at radius 3 is 2.71 bits per heavy atom. The Kier molecular flexibility index (Phi) is 3.92. The summed E-state index contributed by atoms with van der Waals surface area (Å²) in [6.45, 7) is 3.88. The van der Waals surface area contributed by atoms with E-state index in [-0.39, 0.29) is 11.5 Å². The van der Waals surface area contributed by atoms with Crippen LogP contribution in [0.1, 0.15) is 35.7 Å². The molecule has 0 heterocycles. The number of aryl methyl sites for hydroxylation is 1. The molecule has 0 aliphatic heterocycles. The normalized spacial score (nSPS) is 10.2. The van der Waals surface area contributed by atoms with Crippen molar-refractivity contribution in [3.63, 3.8) is 0 Å². The molecule has 0 bridgehead atoms. The highest BCUT2D eigenvalue weighted by atomic mass is 127. The van der Waals surface area contributed by atoms with Gasteiger partial charge in [-0.3, -0.25) is 4.79 Å². The molecule has 1 aromatic carbocycles. The Hall–Kier alpha value is -0.580. The van der Waals surface area contributed by atoms with Gasteiger partial charge in [0.2, 0.25) is 0 Å². The topological polar surface area (TPSA) is 37.3 Å². The largest absolute Gasteiger partial charge is 0.506 e. The van der Waals surface area contributed by atoms with Crippen LogP contribution in [0.2, 0.25) is 0 Å². The number of Topliss-reactive ketones (excluding diaryl/α,β-unsaturated/α-hetero) is 1. The Labute approximate surface area is 97.5 Å². The van der Waals surface area contributed by atoms with E-state index in [2.05, 4.69) is 0 Å². The summed E-state index contributed by atoms with van der Waals surface area (Å²) in [4.78, 5) is 11.6. The number of halogens is 1. The van der Waals surface area contributed by atoms with E-state index < -0.39 is 0 Å². The minimum Gasteiger partial charge on any atom is -0.506 e. The Morgan fingerprint density at radius 2 is 2.14 bits per heavy atom. The van der Waals surface area contributed by atoms with Gasteiger partial charge in [0.25, 0.3) is 0 Å². The van der Waals surface area contributed by atoms with E-state index in [0.717, 1.165) is 15.6 Å². The summed E-state index contributed by atoms with van der Waals surface area (Å²) in [5.74, 6) is 0.140. The van der Waals surface area contributed by atoms with E-state index >= 15 is 0 Å². The van der Waals surface area contributed by atoms with Gasteiger partial charge in [-0.05, 0) is 53.6 Å². The van der Waals surface area contributed by atoms with Crippen molar-refractivity contribution in [2.24, 2.45) is 0 Å². The molecular formula is C11H13IO2. The van der Waals surface area contributed by atoms with Gasteiger partial charge in [-0.2, -0.15) is 0 Å². The fraction of sp³-hybridized carbons (Fsp3) is 0.364. The first kappa shape index (κ1) is 11.5. The molecule has 1 aromatic rings. The molecule has 0 aliphatic carbocycles. The predicted molar refractivity (Wildman–Crippen MR) is 64.8 cm³/mol. The standard InChI is InChI=1S/C11H13IO2/c1-3-4-10(13)8-5-7(2)6-9(12)11(8)14/h5-6,14H,3-4H2,1-2H3. The number of benzene rings is 1. The van der Waals surface area contributed by atoms with Gasteiger partial charge in [0.05, 0.1) is 9.13 Å². The second-order valence-electron chi connectivity index (χ2n) is 3.32. The van der Waals surface area contributed by atoms with Crippen LogP contribution in [0.25, 0.3) is 0 Å². The van der Waals surface area contributed by atoms with Crippen molar-refractivity contribution in [2.75, 3.05) is 0 Å². The molecule has 0 aliphatic rings. The van der Waals surface area contributed by atoms with E-state index in [4.69, 9.17) is 0 Å². The van der Waals surface area contributed by atoms with Gasteiger partial charge in [-0.1, -0.05) is 6.92 Å². The number of carbonyl (C=O) groups is 1. The first-order valence-electron chi connectivity index (χ1n) is 4.58. The molecular weight excluding hydrogens is 291 g/mol. The van der Waals surface area contributed by atoms with Gasteiger partial charge < -0.3 is 5.11 Å². The number of aromatic hydroxyl groups is 1. The monoisotopic (exact) mass is 304 g/mol. The number of phenols is 1. The van der Waals surface area contributed by atoms with Crippen molar-refractivity contribution in [1.82, 2.24) is 0 Å². The third-order valence-corrected chi connectivity index (χ3v) is 2.81. The zero-order valence-corrected chi connectivity index (χ0v) is 10.5. The average molecular weight is 304 g/mol. The van der Waals surface area contributed by atoms with Crippen LogP contribution in [0.4, 0.5) is 0 Å². The summed E-state index contributed by atoms with van der Waals surface area (Å²) in [6, 6.07) is 3.61. The van der Waals surface area contributed by atoms with Gasteiger partial charge in [0.15, 0.2) is 5.78 Å². The molecule has 0 amide bonds. The maximum absolute atomic E-state index is 11.6. The van der Waals surface area contributed by atoms with E-state index in [0.29, 0.717) is 12.0 Å². The van der Waals surface area contributed by atoms with Crippen LogP contribution in [0.5, 0.6) is 5.75 Å². The van der Waals surface area contributed by atoms with Crippen LogP contribution in [-0.2, 0) is 0 Å². The highest BCUT2D eigenvalue weighted by Crippen LogP contribution is 2.27. The van der Waals surface area contributed by atoms with Crippen LogP contribution in [0.15, 0.2) is 12.1 Å². The third kappa shape index (κ3) is 2.47. The molecule has 1 N–H and O–H groups in total. The van der Waals surface area contributed by atoms with Crippen molar-refractivity contribution in [3.8, 4) is 5.75 Å². The zero-order valence-electron chi connectivity index (χ0n) is 8.30. The van der Waals surface area contributed by atoms with E-state index in [1.807, 2.05) is 42.5 Å². The smallest absolute Gasteiger partial charge is 0.166 e. The molecule has 0 radical (unpaired) electrons. The number of hydrogen-bond acceptors (Lipinski definition) is 2. The summed E-state index contributed by atoms with van der Waals surface area (Å²) in [5, 5.41) is 9.69. The van der Waals surface area contributed by atoms with Crippen molar-refractivity contribution in [1.29, 1.82) is 0 Å².